The predicted octanol–water partition coefficient (Wildman–Crippen LogP) is 4.37. The van der Waals surface area contributed by atoms with Crippen LogP contribution in [0.25, 0.3) is 0 Å². The van der Waals surface area contributed by atoms with Crippen molar-refractivity contribution in [2.24, 2.45) is 23.5 Å². The normalized spacial score (nSPS) is 15.2. The lowest BCUT2D eigenvalue weighted by Gasteiger charge is -2.23. The van der Waals surface area contributed by atoms with E-state index in [1.807, 2.05) is 27.7 Å². The van der Waals surface area contributed by atoms with Gasteiger partial charge in [-0.2, -0.15) is 0 Å². The highest BCUT2D eigenvalue weighted by molar-refractivity contribution is 5.79. The van der Waals surface area contributed by atoms with Crippen molar-refractivity contribution in [3.63, 3.8) is 0 Å². The minimum absolute atomic E-state index is 0.0825. The summed E-state index contributed by atoms with van der Waals surface area (Å²) in [6.07, 6.45) is 0.222. The van der Waals surface area contributed by atoms with Gasteiger partial charge in [0.25, 0.3) is 0 Å². The largest absolute Gasteiger partial charge is 0.459 e. The van der Waals surface area contributed by atoms with E-state index in [0.29, 0.717) is 18.4 Å². The zero-order valence-electron chi connectivity index (χ0n) is 23.4. The highest BCUT2D eigenvalue weighted by atomic mass is 16.6. The highest BCUT2D eigenvalue weighted by Gasteiger charge is 2.26. The molecule has 1 aromatic rings. The zero-order valence-corrected chi connectivity index (χ0v) is 23.4. The minimum Gasteiger partial charge on any atom is -0.459 e. The molecule has 0 saturated heterocycles. The van der Waals surface area contributed by atoms with Gasteiger partial charge in [0.15, 0.2) is 11.5 Å². The Bertz CT molecular complexity index is 929. The van der Waals surface area contributed by atoms with Crippen LogP contribution < -0.4 is 15.2 Å². The van der Waals surface area contributed by atoms with Crippen LogP contribution in [0.5, 0.6) is 11.5 Å². The summed E-state index contributed by atoms with van der Waals surface area (Å²) >= 11 is 0. The van der Waals surface area contributed by atoms with Gasteiger partial charge in [0.1, 0.15) is 18.2 Å². The monoisotopic (exact) mass is 521 g/mol. The Morgan fingerprint density at radius 1 is 0.757 bits per heavy atom. The van der Waals surface area contributed by atoms with Gasteiger partial charge in [-0.15, -0.1) is 0 Å². The van der Waals surface area contributed by atoms with Crippen molar-refractivity contribution < 1.29 is 38.1 Å². The van der Waals surface area contributed by atoms with Gasteiger partial charge in [0, 0.05) is 6.42 Å². The summed E-state index contributed by atoms with van der Waals surface area (Å²) in [4.78, 5) is 49.2. The third kappa shape index (κ3) is 10.9. The van der Waals surface area contributed by atoms with Crippen molar-refractivity contribution in [2.75, 3.05) is 0 Å². The average molecular weight is 522 g/mol. The summed E-state index contributed by atoms with van der Waals surface area (Å²) in [6, 6.07) is 3.68. The maximum absolute atomic E-state index is 12.6. The lowest BCUT2D eigenvalue weighted by molar-refractivity contribution is -0.166. The Labute approximate surface area is 220 Å². The van der Waals surface area contributed by atoms with Crippen molar-refractivity contribution in [1.82, 2.24) is 0 Å². The second-order valence-electron chi connectivity index (χ2n) is 9.99. The summed E-state index contributed by atoms with van der Waals surface area (Å²) in [5.74, 6) is -2.23. The van der Waals surface area contributed by atoms with Gasteiger partial charge >= 0.3 is 23.9 Å². The van der Waals surface area contributed by atoms with Crippen LogP contribution in [0.1, 0.15) is 80.2 Å². The molecule has 0 bridgehead atoms. The molecule has 0 aromatic heterocycles. The third-order valence-corrected chi connectivity index (χ3v) is 6.07. The molecule has 0 aliphatic carbocycles. The summed E-state index contributed by atoms with van der Waals surface area (Å²) in [7, 11) is 0. The second-order valence-corrected chi connectivity index (χ2v) is 9.99. The predicted molar refractivity (Wildman–Crippen MR) is 139 cm³/mol. The molecule has 9 nitrogen and oxygen atoms in total. The number of rotatable bonds is 14. The van der Waals surface area contributed by atoms with E-state index in [2.05, 4.69) is 0 Å². The Morgan fingerprint density at radius 3 is 1.78 bits per heavy atom. The smallest absolute Gasteiger partial charge is 0.323 e. The molecule has 3 unspecified atom stereocenters. The van der Waals surface area contributed by atoms with Gasteiger partial charge in [-0.25, -0.2) is 0 Å². The fraction of sp³-hybridized carbons (Fsp3) is 0.643. The first-order valence-electron chi connectivity index (χ1n) is 13.0. The van der Waals surface area contributed by atoms with Crippen LogP contribution in [0.2, 0.25) is 0 Å². The van der Waals surface area contributed by atoms with Gasteiger partial charge in [0.2, 0.25) is 0 Å². The number of benzene rings is 1. The van der Waals surface area contributed by atoms with Gasteiger partial charge in [-0.3, -0.25) is 19.2 Å². The molecule has 0 amide bonds. The molecule has 5 atom stereocenters. The Morgan fingerprint density at radius 2 is 1.27 bits per heavy atom. The van der Waals surface area contributed by atoms with E-state index in [1.165, 1.54) is 12.1 Å². The number of ether oxygens (including phenoxy) is 4. The maximum atomic E-state index is 12.6. The summed E-state index contributed by atoms with van der Waals surface area (Å²) in [6.45, 7) is 14.3. The molecular weight excluding hydrogens is 478 g/mol. The first kappa shape index (κ1) is 32.1. The van der Waals surface area contributed by atoms with Gasteiger partial charge < -0.3 is 24.7 Å². The molecule has 0 spiro atoms. The Kier molecular flexibility index (Phi) is 13.3. The zero-order chi connectivity index (χ0) is 28.3. The fourth-order valence-electron chi connectivity index (χ4n) is 2.98. The van der Waals surface area contributed by atoms with Crippen molar-refractivity contribution in [1.29, 1.82) is 0 Å². The number of esters is 4. The van der Waals surface area contributed by atoms with E-state index in [1.54, 1.807) is 33.8 Å². The number of hydrogen-bond acceptors (Lipinski definition) is 9. The molecule has 1 aromatic carbocycles. The van der Waals surface area contributed by atoms with Crippen molar-refractivity contribution >= 4 is 23.9 Å². The van der Waals surface area contributed by atoms with Gasteiger partial charge in [-0.1, -0.05) is 47.6 Å². The van der Waals surface area contributed by atoms with E-state index in [-0.39, 0.29) is 48.1 Å². The molecule has 0 heterocycles. The molecule has 0 fully saturated rings. The van der Waals surface area contributed by atoms with Gasteiger partial charge in [0.05, 0.1) is 11.8 Å². The van der Waals surface area contributed by atoms with Crippen molar-refractivity contribution in [3.05, 3.63) is 23.8 Å². The van der Waals surface area contributed by atoms with Gasteiger partial charge in [-0.05, 0) is 56.7 Å². The van der Waals surface area contributed by atoms with Crippen LogP contribution in [0, 0.1) is 17.8 Å². The molecule has 0 radical (unpaired) electrons. The average Bonchev–Trinajstić information content (AvgIpc) is 2.83. The second kappa shape index (κ2) is 15.3. The minimum atomic E-state index is -1.02. The van der Waals surface area contributed by atoms with Crippen LogP contribution in [0.4, 0.5) is 0 Å². The molecular formula is C28H43NO8. The molecule has 9 heteroatoms. The molecule has 1 rings (SSSR count). The summed E-state index contributed by atoms with van der Waals surface area (Å²) in [5, 5.41) is 0. The molecule has 37 heavy (non-hydrogen) atoms. The van der Waals surface area contributed by atoms with Crippen molar-refractivity contribution in [2.45, 2.75) is 99.3 Å². The van der Waals surface area contributed by atoms with Crippen LogP contribution in [0.3, 0.4) is 0 Å². The first-order chi connectivity index (χ1) is 17.3. The van der Waals surface area contributed by atoms with Crippen LogP contribution in [-0.2, 0) is 35.1 Å². The third-order valence-electron chi connectivity index (χ3n) is 6.07. The topological polar surface area (TPSA) is 131 Å². The van der Waals surface area contributed by atoms with E-state index in [0.717, 1.165) is 0 Å². The SMILES string of the molecule is CCC(C)C(=O)Oc1ccc(C[C@H](N)C(=O)O[C@@H](C)C(C)OC(=O)CC(C)C)cc1OC(=O)C(C)CC. The summed E-state index contributed by atoms with van der Waals surface area (Å²) in [5.41, 5.74) is 6.67. The Balaban J connectivity index is 2.95. The number of carbonyl (C=O) groups excluding carboxylic acids is 4. The summed E-state index contributed by atoms with van der Waals surface area (Å²) < 4.78 is 21.7. The van der Waals surface area contributed by atoms with Crippen LogP contribution in [-0.4, -0.2) is 42.1 Å². The van der Waals surface area contributed by atoms with E-state index in [4.69, 9.17) is 24.7 Å². The number of nitrogens with two attached hydrogens (primary N) is 1. The first-order valence-corrected chi connectivity index (χ1v) is 13.0. The number of hydrogen-bond donors (Lipinski definition) is 1. The standard InChI is InChI=1S/C28H43NO8/c1-9-17(5)26(31)36-23-12-11-21(15-24(23)37-27(32)18(6)10-2)14-22(29)28(33)35-20(8)19(7)34-25(30)13-16(3)4/h11-12,15-20,22H,9-10,13-14,29H2,1-8H3/t17?,18?,19?,20-,22-/m0/s1. The molecule has 0 aliphatic heterocycles. The van der Waals surface area contributed by atoms with Crippen LogP contribution in [0.15, 0.2) is 18.2 Å². The quantitative estimate of drug-likeness (QED) is 0.280. The van der Waals surface area contributed by atoms with E-state index < -0.39 is 36.2 Å². The fourth-order valence-corrected chi connectivity index (χ4v) is 2.98. The molecule has 2 N–H and O–H groups in total. The Hall–Kier alpha value is -2.94. The molecule has 0 saturated carbocycles. The van der Waals surface area contributed by atoms with Crippen molar-refractivity contribution in [3.8, 4) is 11.5 Å². The highest BCUT2D eigenvalue weighted by Crippen LogP contribution is 2.31. The lowest BCUT2D eigenvalue weighted by Crippen LogP contribution is -2.39. The van der Waals surface area contributed by atoms with Crippen LogP contribution >= 0.6 is 0 Å². The lowest BCUT2D eigenvalue weighted by atomic mass is 10.1. The maximum Gasteiger partial charge on any atom is 0.323 e. The van der Waals surface area contributed by atoms with E-state index >= 15 is 0 Å². The molecule has 0 aliphatic rings. The molecule has 208 valence electrons. The van der Waals surface area contributed by atoms with E-state index in [9.17, 15) is 19.2 Å². The number of carbonyl (C=O) groups is 4.